The summed E-state index contributed by atoms with van der Waals surface area (Å²) in [6.07, 6.45) is 1.42. The molecule has 12 heavy (non-hydrogen) atoms. The molecule has 0 aliphatic carbocycles. The van der Waals surface area contributed by atoms with Crippen molar-refractivity contribution < 1.29 is 9.47 Å². The molecule has 1 rings (SSSR count). The van der Waals surface area contributed by atoms with Crippen molar-refractivity contribution in [3.05, 3.63) is 0 Å². The number of ether oxygens (including phenoxy) is 2. The SMILES string of the molecule is COCC(C)C1OCCC1CN. The van der Waals surface area contributed by atoms with Crippen molar-refractivity contribution in [2.45, 2.75) is 19.4 Å². The Balaban J connectivity index is 2.38. The van der Waals surface area contributed by atoms with Crippen LogP contribution in [0.1, 0.15) is 13.3 Å². The van der Waals surface area contributed by atoms with Gasteiger partial charge in [0.25, 0.3) is 0 Å². The lowest BCUT2D eigenvalue weighted by Crippen LogP contribution is -2.31. The van der Waals surface area contributed by atoms with E-state index in [4.69, 9.17) is 15.2 Å². The second kappa shape index (κ2) is 4.80. The van der Waals surface area contributed by atoms with Gasteiger partial charge in [-0.3, -0.25) is 0 Å². The zero-order valence-corrected chi connectivity index (χ0v) is 7.95. The molecule has 0 saturated carbocycles. The molecule has 1 aliphatic heterocycles. The summed E-state index contributed by atoms with van der Waals surface area (Å²) in [7, 11) is 1.73. The fourth-order valence-electron chi connectivity index (χ4n) is 1.89. The van der Waals surface area contributed by atoms with E-state index in [-0.39, 0.29) is 0 Å². The Morgan fingerprint density at radius 3 is 3.00 bits per heavy atom. The Morgan fingerprint density at radius 1 is 1.67 bits per heavy atom. The van der Waals surface area contributed by atoms with Gasteiger partial charge in [0.05, 0.1) is 12.7 Å². The van der Waals surface area contributed by atoms with E-state index in [9.17, 15) is 0 Å². The first-order valence-electron chi connectivity index (χ1n) is 4.60. The fraction of sp³-hybridized carbons (Fsp3) is 1.00. The largest absolute Gasteiger partial charge is 0.384 e. The normalized spacial score (nSPS) is 32.2. The zero-order valence-electron chi connectivity index (χ0n) is 7.95. The van der Waals surface area contributed by atoms with Crippen LogP contribution >= 0.6 is 0 Å². The van der Waals surface area contributed by atoms with Crippen molar-refractivity contribution >= 4 is 0 Å². The highest BCUT2D eigenvalue weighted by molar-refractivity contribution is 4.80. The highest BCUT2D eigenvalue weighted by Crippen LogP contribution is 2.25. The van der Waals surface area contributed by atoms with Crippen LogP contribution in [0.2, 0.25) is 0 Å². The average molecular weight is 173 g/mol. The first-order chi connectivity index (χ1) is 5.79. The first kappa shape index (κ1) is 9.96. The van der Waals surface area contributed by atoms with Gasteiger partial charge in [-0.1, -0.05) is 6.92 Å². The minimum atomic E-state index is 0.315. The van der Waals surface area contributed by atoms with E-state index in [1.807, 2.05) is 0 Å². The van der Waals surface area contributed by atoms with Gasteiger partial charge in [-0.15, -0.1) is 0 Å². The van der Waals surface area contributed by atoms with Gasteiger partial charge in [-0.05, 0) is 18.9 Å². The molecule has 0 radical (unpaired) electrons. The van der Waals surface area contributed by atoms with Crippen molar-refractivity contribution in [3.63, 3.8) is 0 Å². The predicted molar refractivity (Wildman–Crippen MR) is 47.9 cm³/mol. The number of methoxy groups -OCH3 is 1. The standard InChI is InChI=1S/C9H19NO2/c1-7(6-11-2)9-8(5-10)3-4-12-9/h7-9H,3-6,10H2,1-2H3. The summed E-state index contributed by atoms with van der Waals surface area (Å²) in [6, 6.07) is 0. The molecule has 3 nitrogen and oxygen atoms in total. The van der Waals surface area contributed by atoms with Crippen LogP contribution in [0.25, 0.3) is 0 Å². The van der Waals surface area contributed by atoms with Gasteiger partial charge in [-0.25, -0.2) is 0 Å². The van der Waals surface area contributed by atoms with Gasteiger partial charge in [0.2, 0.25) is 0 Å². The van der Waals surface area contributed by atoms with E-state index >= 15 is 0 Å². The molecule has 1 saturated heterocycles. The summed E-state index contributed by atoms with van der Waals surface area (Å²) in [5.74, 6) is 1.00. The molecule has 2 N–H and O–H groups in total. The topological polar surface area (TPSA) is 44.5 Å². The summed E-state index contributed by atoms with van der Waals surface area (Å²) < 4.78 is 10.7. The summed E-state index contributed by atoms with van der Waals surface area (Å²) in [6.45, 7) is 4.52. The Labute approximate surface area is 74.2 Å². The van der Waals surface area contributed by atoms with Crippen LogP contribution in [0.3, 0.4) is 0 Å². The molecular weight excluding hydrogens is 154 g/mol. The van der Waals surface area contributed by atoms with Crippen LogP contribution in [-0.4, -0.2) is 33.0 Å². The van der Waals surface area contributed by atoms with Crippen molar-refractivity contribution in [2.75, 3.05) is 26.9 Å². The lowest BCUT2D eigenvalue weighted by molar-refractivity contribution is 0.0155. The Bertz CT molecular complexity index is 130. The number of hydrogen-bond acceptors (Lipinski definition) is 3. The molecule has 1 fully saturated rings. The van der Waals surface area contributed by atoms with Gasteiger partial charge in [0.15, 0.2) is 0 Å². The zero-order chi connectivity index (χ0) is 8.97. The van der Waals surface area contributed by atoms with Crippen molar-refractivity contribution in [2.24, 2.45) is 17.6 Å². The molecule has 3 atom stereocenters. The van der Waals surface area contributed by atoms with Crippen molar-refractivity contribution in [3.8, 4) is 0 Å². The maximum atomic E-state index is 5.64. The van der Waals surface area contributed by atoms with E-state index in [1.54, 1.807) is 7.11 Å². The number of hydrogen-bond donors (Lipinski definition) is 1. The van der Waals surface area contributed by atoms with Gasteiger partial charge in [0, 0.05) is 19.6 Å². The van der Waals surface area contributed by atoms with Crippen LogP contribution in [0.5, 0.6) is 0 Å². The molecule has 0 amide bonds. The molecule has 0 aromatic carbocycles. The fourth-order valence-corrected chi connectivity index (χ4v) is 1.89. The summed E-state index contributed by atoms with van der Waals surface area (Å²) >= 11 is 0. The Kier molecular flexibility index (Phi) is 3.98. The van der Waals surface area contributed by atoms with Crippen LogP contribution in [0.15, 0.2) is 0 Å². The Morgan fingerprint density at radius 2 is 2.42 bits per heavy atom. The smallest absolute Gasteiger partial charge is 0.0663 e. The highest BCUT2D eigenvalue weighted by atomic mass is 16.5. The maximum absolute atomic E-state index is 5.64. The van der Waals surface area contributed by atoms with Gasteiger partial charge in [0.1, 0.15) is 0 Å². The first-order valence-corrected chi connectivity index (χ1v) is 4.60. The third-order valence-corrected chi connectivity index (χ3v) is 2.56. The van der Waals surface area contributed by atoms with E-state index < -0.39 is 0 Å². The Hall–Kier alpha value is -0.120. The molecule has 0 aromatic heterocycles. The molecule has 1 heterocycles. The number of nitrogens with two attached hydrogens (primary N) is 1. The summed E-state index contributed by atoms with van der Waals surface area (Å²) in [5.41, 5.74) is 5.64. The average Bonchev–Trinajstić information content (AvgIpc) is 2.51. The molecular formula is C9H19NO2. The van der Waals surface area contributed by atoms with Gasteiger partial charge < -0.3 is 15.2 Å². The third kappa shape index (κ3) is 2.19. The second-order valence-electron chi connectivity index (χ2n) is 3.55. The van der Waals surface area contributed by atoms with Crippen molar-refractivity contribution in [1.29, 1.82) is 0 Å². The minimum Gasteiger partial charge on any atom is -0.384 e. The lowest BCUT2D eigenvalue weighted by atomic mass is 9.92. The van der Waals surface area contributed by atoms with E-state index in [0.29, 0.717) is 17.9 Å². The third-order valence-electron chi connectivity index (χ3n) is 2.56. The van der Waals surface area contributed by atoms with Gasteiger partial charge in [-0.2, -0.15) is 0 Å². The lowest BCUT2D eigenvalue weighted by Gasteiger charge is -2.23. The van der Waals surface area contributed by atoms with Crippen molar-refractivity contribution in [1.82, 2.24) is 0 Å². The minimum absolute atomic E-state index is 0.315. The quantitative estimate of drug-likeness (QED) is 0.678. The van der Waals surface area contributed by atoms with Crippen LogP contribution in [0, 0.1) is 11.8 Å². The molecule has 3 unspecified atom stereocenters. The monoisotopic (exact) mass is 173 g/mol. The molecule has 0 bridgehead atoms. The van der Waals surface area contributed by atoms with E-state index in [2.05, 4.69) is 6.92 Å². The summed E-state index contributed by atoms with van der Waals surface area (Å²) in [5, 5.41) is 0. The molecule has 0 spiro atoms. The second-order valence-corrected chi connectivity index (χ2v) is 3.55. The van der Waals surface area contributed by atoms with Gasteiger partial charge >= 0.3 is 0 Å². The molecule has 0 aromatic rings. The van der Waals surface area contributed by atoms with Crippen LogP contribution < -0.4 is 5.73 Å². The van der Waals surface area contributed by atoms with Crippen LogP contribution in [0.4, 0.5) is 0 Å². The molecule has 1 aliphatic rings. The molecule has 72 valence electrons. The molecule has 3 heteroatoms. The van der Waals surface area contributed by atoms with Crippen LogP contribution in [-0.2, 0) is 9.47 Å². The predicted octanol–water partition coefficient (Wildman–Crippen LogP) is 0.633. The summed E-state index contributed by atoms with van der Waals surface area (Å²) in [4.78, 5) is 0. The highest BCUT2D eigenvalue weighted by Gasteiger charge is 2.31. The number of rotatable bonds is 4. The maximum Gasteiger partial charge on any atom is 0.0663 e. The van der Waals surface area contributed by atoms with E-state index in [0.717, 1.165) is 26.2 Å². The van der Waals surface area contributed by atoms with E-state index in [1.165, 1.54) is 0 Å².